The lowest BCUT2D eigenvalue weighted by atomic mass is 9.86. The van der Waals surface area contributed by atoms with Gasteiger partial charge in [-0.2, -0.15) is 0 Å². The zero-order valence-corrected chi connectivity index (χ0v) is 15.0. The van der Waals surface area contributed by atoms with Crippen molar-refractivity contribution in [2.24, 2.45) is 5.16 Å². The molecule has 0 aliphatic carbocycles. The van der Waals surface area contributed by atoms with Crippen molar-refractivity contribution in [1.82, 2.24) is 0 Å². The summed E-state index contributed by atoms with van der Waals surface area (Å²) in [6, 6.07) is 13.6. The van der Waals surface area contributed by atoms with Crippen LogP contribution in [-0.4, -0.2) is 5.21 Å². The first-order chi connectivity index (χ1) is 11.3. The quantitative estimate of drug-likeness (QED) is 0.459. The van der Waals surface area contributed by atoms with Crippen molar-refractivity contribution in [2.75, 3.05) is 0 Å². The van der Waals surface area contributed by atoms with Gasteiger partial charge in [0.1, 0.15) is 16.7 Å². The van der Waals surface area contributed by atoms with Gasteiger partial charge in [-0.1, -0.05) is 61.8 Å². The molecule has 1 aromatic heterocycles. The molecule has 3 rings (SSSR count). The Balaban J connectivity index is 2.18. The molecule has 0 bridgehead atoms. The zero-order valence-electron chi connectivity index (χ0n) is 14.2. The maximum atomic E-state index is 9.36. The van der Waals surface area contributed by atoms with Crippen LogP contribution < -0.4 is 5.36 Å². The van der Waals surface area contributed by atoms with Crippen molar-refractivity contribution in [2.45, 2.75) is 33.1 Å². The Bertz CT molecular complexity index is 964. The predicted octanol–water partition coefficient (Wildman–Crippen LogP) is 5.65. The maximum Gasteiger partial charge on any atom is 0.137 e. The van der Waals surface area contributed by atoms with Gasteiger partial charge in [-0.15, -0.1) is 0 Å². The van der Waals surface area contributed by atoms with E-state index in [1.54, 1.807) is 12.1 Å². The van der Waals surface area contributed by atoms with Crippen LogP contribution >= 0.6 is 11.6 Å². The summed E-state index contributed by atoms with van der Waals surface area (Å²) in [6.45, 7) is 8.45. The fourth-order valence-corrected chi connectivity index (χ4v) is 2.81. The molecule has 0 atom stereocenters. The van der Waals surface area contributed by atoms with Crippen molar-refractivity contribution in [1.29, 1.82) is 0 Å². The van der Waals surface area contributed by atoms with E-state index in [2.05, 4.69) is 38.1 Å². The second-order valence-electron chi connectivity index (χ2n) is 7.02. The van der Waals surface area contributed by atoms with E-state index in [0.29, 0.717) is 27.1 Å². The number of hydrogen-bond acceptors (Lipinski definition) is 3. The molecule has 0 amide bonds. The highest BCUT2D eigenvalue weighted by atomic mass is 35.5. The van der Waals surface area contributed by atoms with Crippen molar-refractivity contribution in [3.05, 3.63) is 64.0 Å². The SMILES string of the molecule is Cc1cc2oc(-c3ccc(C(C)(C)C)cc3)c/c(=N/O)c2cc1Cl. The first kappa shape index (κ1) is 16.6. The van der Waals surface area contributed by atoms with Gasteiger partial charge >= 0.3 is 0 Å². The van der Waals surface area contributed by atoms with Crippen LogP contribution in [0.15, 0.2) is 52.0 Å². The van der Waals surface area contributed by atoms with Crippen LogP contribution in [0.1, 0.15) is 31.9 Å². The Morgan fingerprint density at radius 1 is 1.04 bits per heavy atom. The third-order valence-corrected chi connectivity index (χ3v) is 4.57. The number of rotatable bonds is 1. The normalized spacial score (nSPS) is 12.8. The molecule has 4 heteroatoms. The molecule has 0 spiro atoms. The van der Waals surface area contributed by atoms with Gasteiger partial charge < -0.3 is 9.62 Å². The smallest absolute Gasteiger partial charge is 0.137 e. The summed E-state index contributed by atoms with van der Waals surface area (Å²) in [5, 5.41) is 14.5. The molecule has 0 saturated carbocycles. The first-order valence-electron chi connectivity index (χ1n) is 7.82. The number of nitrogens with zero attached hydrogens (tertiary/aromatic N) is 1. The van der Waals surface area contributed by atoms with E-state index < -0.39 is 0 Å². The lowest BCUT2D eigenvalue weighted by Gasteiger charge is -2.19. The minimum absolute atomic E-state index is 0.0957. The zero-order chi connectivity index (χ0) is 17.5. The molecule has 0 radical (unpaired) electrons. The number of fused-ring (bicyclic) bond motifs is 1. The van der Waals surface area contributed by atoms with Gasteiger partial charge in [0.15, 0.2) is 0 Å². The molecular weight excluding hydrogens is 322 g/mol. The Hall–Kier alpha value is -2.26. The molecular formula is C20H20ClNO2. The Labute approximate surface area is 146 Å². The van der Waals surface area contributed by atoms with E-state index in [1.807, 2.05) is 25.1 Å². The fraction of sp³-hybridized carbons (Fsp3) is 0.250. The predicted molar refractivity (Wildman–Crippen MR) is 97.4 cm³/mol. The van der Waals surface area contributed by atoms with E-state index >= 15 is 0 Å². The lowest BCUT2D eigenvalue weighted by Crippen LogP contribution is -2.10. The highest BCUT2D eigenvalue weighted by molar-refractivity contribution is 6.32. The van der Waals surface area contributed by atoms with Gasteiger partial charge in [-0.05, 0) is 35.6 Å². The average molecular weight is 342 g/mol. The Morgan fingerprint density at radius 3 is 2.29 bits per heavy atom. The van der Waals surface area contributed by atoms with Crippen LogP contribution in [-0.2, 0) is 5.41 Å². The summed E-state index contributed by atoms with van der Waals surface area (Å²) in [6.07, 6.45) is 0. The van der Waals surface area contributed by atoms with E-state index in [-0.39, 0.29) is 5.41 Å². The molecule has 0 aliphatic rings. The van der Waals surface area contributed by atoms with Crippen LogP contribution in [0.5, 0.6) is 0 Å². The summed E-state index contributed by atoms with van der Waals surface area (Å²) < 4.78 is 6.02. The second-order valence-corrected chi connectivity index (χ2v) is 7.43. The number of benzene rings is 2. The van der Waals surface area contributed by atoms with Crippen LogP contribution in [0.25, 0.3) is 22.3 Å². The molecule has 1 heterocycles. The Kier molecular flexibility index (Phi) is 4.14. The van der Waals surface area contributed by atoms with Crippen molar-refractivity contribution in [3.8, 4) is 11.3 Å². The first-order valence-corrected chi connectivity index (χ1v) is 8.20. The number of aryl methyl sites for hydroxylation is 1. The van der Waals surface area contributed by atoms with Crippen molar-refractivity contribution < 1.29 is 9.62 Å². The number of hydrogen-bond donors (Lipinski definition) is 1. The minimum atomic E-state index is 0.0957. The van der Waals surface area contributed by atoms with Gasteiger partial charge in [0.05, 0.1) is 0 Å². The molecule has 3 nitrogen and oxygen atoms in total. The third kappa shape index (κ3) is 3.04. The molecule has 124 valence electrons. The molecule has 1 N–H and O–H groups in total. The van der Waals surface area contributed by atoms with Gasteiger partial charge in [0, 0.05) is 22.0 Å². The molecule has 0 fully saturated rings. The molecule has 2 aromatic carbocycles. The highest BCUT2D eigenvalue weighted by Crippen LogP contribution is 2.28. The summed E-state index contributed by atoms with van der Waals surface area (Å²) in [7, 11) is 0. The summed E-state index contributed by atoms with van der Waals surface area (Å²) >= 11 is 6.17. The highest BCUT2D eigenvalue weighted by Gasteiger charge is 2.14. The summed E-state index contributed by atoms with van der Waals surface area (Å²) in [5.41, 5.74) is 3.83. The van der Waals surface area contributed by atoms with Crippen LogP contribution in [0.2, 0.25) is 5.02 Å². The second kappa shape index (κ2) is 5.99. The van der Waals surface area contributed by atoms with E-state index in [9.17, 15) is 5.21 Å². The van der Waals surface area contributed by atoms with Gasteiger partial charge in [-0.25, -0.2) is 0 Å². The molecule has 24 heavy (non-hydrogen) atoms. The standard InChI is InChI=1S/C20H20ClNO2/c1-12-9-19-15(10-16(12)21)17(22-23)11-18(24-19)13-5-7-14(8-6-13)20(2,3)4/h5-11,23H,1-4H3/b22-17-. The molecule has 0 saturated heterocycles. The average Bonchev–Trinajstić information content (AvgIpc) is 2.54. The topological polar surface area (TPSA) is 45.7 Å². The lowest BCUT2D eigenvalue weighted by molar-refractivity contribution is 0.302. The largest absolute Gasteiger partial charge is 0.456 e. The van der Waals surface area contributed by atoms with E-state index in [4.69, 9.17) is 16.0 Å². The summed E-state index contributed by atoms with van der Waals surface area (Å²) in [4.78, 5) is 0. The third-order valence-electron chi connectivity index (χ3n) is 4.17. The Morgan fingerprint density at radius 2 is 1.71 bits per heavy atom. The van der Waals surface area contributed by atoms with Crippen LogP contribution in [0, 0.1) is 6.92 Å². The van der Waals surface area contributed by atoms with E-state index in [0.717, 1.165) is 11.1 Å². The maximum absolute atomic E-state index is 9.36. The minimum Gasteiger partial charge on any atom is -0.456 e. The summed E-state index contributed by atoms with van der Waals surface area (Å²) in [5.74, 6) is 0.650. The van der Waals surface area contributed by atoms with Crippen LogP contribution in [0.3, 0.4) is 0 Å². The van der Waals surface area contributed by atoms with Gasteiger partial charge in [0.2, 0.25) is 0 Å². The van der Waals surface area contributed by atoms with Gasteiger partial charge in [-0.3, -0.25) is 0 Å². The fourth-order valence-electron chi connectivity index (χ4n) is 2.65. The monoisotopic (exact) mass is 341 g/mol. The van der Waals surface area contributed by atoms with Crippen LogP contribution in [0.4, 0.5) is 0 Å². The van der Waals surface area contributed by atoms with Gasteiger partial charge in [0.25, 0.3) is 0 Å². The molecule has 0 unspecified atom stereocenters. The molecule has 3 aromatic rings. The number of halogens is 1. The molecule has 0 aliphatic heterocycles. The van der Waals surface area contributed by atoms with Crippen molar-refractivity contribution >= 4 is 22.6 Å². The van der Waals surface area contributed by atoms with E-state index in [1.165, 1.54) is 5.56 Å². The van der Waals surface area contributed by atoms with Crippen molar-refractivity contribution in [3.63, 3.8) is 0 Å².